The molecular formula is C16H17FN2O. The summed E-state index contributed by atoms with van der Waals surface area (Å²) in [4.78, 5) is 12.1. The van der Waals surface area contributed by atoms with Gasteiger partial charge < -0.3 is 11.1 Å². The molecule has 0 aliphatic carbocycles. The SMILES string of the molecule is Cc1ccc(N)c(C(=O)NCc2ccc(C)c(F)c2)c1. The summed E-state index contributed by atoms with van der Waals surface area (Å²) in [5.74, 6) is -0.529. The lowest BCUT2D eigenvalue weighted by Gasteiger charge is -2.09. The molecule has 3 nitrogen and oxygen atoms in total. The number of benzene rings is 2. The van der Waals surface area contributed by atoms with Crippen LogP contribution < -0.4 is 11.1 Å². The lowest BCUT2D eigenvalue weighted by Crippen LogP contribution is -2.24. The second kappa shape index (κ2) is 5.74. The largest absolute Gasteiger partial charge is 0.398 e. The molecule has 0 radical (unpaired) electrons. The number of nitrogens with one attached hydrogen (secondary N) is 1. The number of hydrogen-bond donors (Lipinski definition) is 2. The first-order valence-electron chi connectivity index (χ1n) is 6.36. The summed E-state index contributed by atoms with van der Waals surface area (Å²) in [6.07, 6.45) is 0. The maximum absolute atomic E-state index is 13.4. The number of anilines is 1. The van der Waals surface area contributed by atoms with Crippen molar-refractivity contribution in [2.45, 2.75) is 20.4 Å². The zero-order valence-corrected chi connectivity index (χ0v) is 11.5. The molecule has 4 heteroatoms. The molecule has 20 heavy (non-hydrogen) atoms. The molecule has 0 saturated heterocycles. The molecular weight excluding hydrogens is 255 g/mol. The Labute approximate surface area is 117 Å². The Hall–Kier alpha value is -2.36. The highest BCUT2D eigenvalue weighted by Crippen LogP contribution is 2.14. The molecule has 0 fully saturated rings. The van der Waals surface area contributed by atoms with E-state index in [1.807, 2.05) is 13.0 Å². The van der Waals surface area contributed by atoms with E-state index in [0.29, 0.717) is 22.4 Å². The normalized spacial score (nSPS) is 10.3. The smallest absolute Gasteiger partial charge is 0.253 e. The Morgan fingerprint density at radius 3 is 2.65 bits per heavy atom. The van der Waals surface area contributed by atoms with Gasteiger partial charge in [-0.05, 0) is 43.2 Å². The van der Waals surface area contributed by atoms with Crippen molar-refractivity contribution in [1.29, 1.82) is 0 Å². The van der Waals surface area contributed by atoms with Crippen LogP contribution in [0.4, 0.5) is 10.1 Å². The van der Waals surface area contributed by atoms with E-state index in [9.17, 15) is 9.18 Å². The van der Waals surface area contributed by atoms with Crippen LogP contribution in [-0.4, -0.2) is 5.91 Å². The van der Waals surface area contributed by atoms with Gasteiger partial charge in [-0.1, -0.05) is 23.8 Å². The Morgan fingerprint density at radius 2 is 1.95 bits per heavy atom. The minimum Gasteiger partial charge on any atom is -0.398 e. The summed E-state index contributed by atoms with van der Waals surface area (Å²) in [5, 5.41) is 2.74. The van der Waals surface area contributed by atoms with Crippen molar-refractivity contribution in [1.82, 2.24) is 5.32 Å². The predicted octanol–water partition coefficient (Wildman–Crippen LogP) is 2.95. The number of nitrogen functional groups attached to an aromatic ring is 1. The van der Waals surface area contributed by atoms with Gasteiger partial charge in [0.25, 0.3) is 5.91 Å². The van der Waals surface area contributed by atoms with E-state index in [-0.39, 0.29) is 18.3 Å². The van der Waals surface area contributed by atoms with E-state index in [2.05, 4.69) is 5.32 Å². The number of nitrogens with two attached hydrogens (primary N) is 1. The van der Waals surface area contributed by atoms with Crippen LogP contribution in [0.25, 0.3) is 0 Å². The topological polar surface area (TPSA) is 55.1 Å². The first-order chi connectivity index (χ1) is 9.47. The van der Waals surface area contributed by atoms with Crippen LogP contribution >= 0.6 is 0 Å². The summed E-state index contributed by atoms with van der Waals surface area (Å²) < 4.78 is 13.4. The third-order valence-electron chi connectivity index (χ3n) is 3.14. The van der Waals surface area contributed by atoms with Gasteiger partial charge >= 0.3 is 0 Å². The van der Waals surface area contributed by atoms with Crippen molar-refractivity contribution < 1.29 is 9.18 Å². The predicted molar refractivity (Wildman–Crippen MR) is 77.9 cm³/mol. The van der Waals surface area contributed by atoms with Crippen molar-refractivity contribution in [3.8, 4) is 0 Å². The first-order valence-corrected chi connectivity index (χ1v) is 6.36. The van der Waals surface area contributed by atoms with E-state index in [1.54, 1.807) is 31.2 Å². The van der Waals surface area contributed by atoms with Gasteiger partial charge in [-0.15, -0.1) is 0 Å². The van der Waals surface area contributed by atoms with E-state index in [1.165, 1.54) is 6.07 Å². The second-order valence-electron chi connectivity index (χ2n) is 4.86. The van der Waals surface area contributed by atoms with Crippen molar-refractivity contribution in [2.75, 3.05) is 5.73 Å². The van der Waals surface area contributed by atoms with Gasteiger partial charge in [0.1, 0.15) is 5.82 Å². The molecule has 0 aliphatic rings. The molecule has 0 saturated carbocycles. The molecule has 0 unspecified atom stereocenters. The minimum atomic E-state index is -0.271. The molecule has 0 bridgehead atoms. The van der Waals surface area contributed by atoms with E-state index in [0.717, 1.165) is 5.56 Å². The van der Waals surface area contributed by atoms with Crippen molar-refractivity contribution in [3.63, 3.8) is 0 Å². The third kappa shape index (κ3) is 3.15. The first kappa shape index (κ1) is 14.1. The van der Waals surface area contributed by atoms with Gasteiger partial charge in [0, 0.05) is 12.2 Å². The third-order valence-corrected chi connectivity index (χ3v) is 3.14. The number of hydrogen-bond acceptors (Lipinski definition) is 2. The summed E-state index contributed by atoms with van der Waals surface area (Å²) in [6, 6.07) is 10.2. The van der Waals surface area contributed by atoms with Crippen LogP contribution in [0, 0.1) is 19.7 Å². The number of halogens is 1. The Bertz CT molecular complexity index is 653. The summed E-state index contributed by atoms with van der Waals surface area (Å²) in [6.45, 7) is 3.86. The number of aryl methyl sites for hydroxylation is 2. The van der Waals surface area contributed by atoms with Crippen LogP contribution in [0.5, 0.6) is 0 Å². The van der Waals surface area contributed by atoms with Gasteiger partial charge in [0.15, 0.2) is 0 Å². The zero-order valence-electron chi connectivity index (χ0n) is 11.5. The lowest BCUT2D eigenvalue weighted by atomic mass is 10.1. The van der Waals surface area contributed by atoms with E-state index in [4.69, 9.17) is 5.73 Å². The average molecular weight is 272 g/mol. The Balaban J connectivity index is 2.08. The highest BCUT2D eigenvalue weighted by molar-refractivity contribution is 5.99. The summed E-state index contributed by atoms with van der Waals surface area (Å²) in [5.41, 5.74) is 8.92. The lowest BCUT2D eigenvalue weighted by molar-refractivity contribution is 0.0951. The standard InChI is InChI=1S/C16H17FN2O/c1-10-3-6-15(18)13(7-10)16(20)19-9-12-5-4-11(2)14(17)8-12/h3-8H,9,18H2,1-2H3,(H,19,20). The molecule has 2 rings (SSSR count). The number of amides is 1. The van der Waals surface area contributed by atoms with Gasteiger partial charge in [-0.25, -0.2) is 4.39 Å². The van der Waals surface area contributed by atoms with Crippen molar-refractivity contribution in [3.05, 3.63) is 64.5 Å². The monoisotopic (exact) mass is 272 g/mol. The maximum atomic E-state index is 13.4. The highest BCUT2D eigenvalue weighted by Gasteiger charge is 2.09. The number of rotatable bonds is 3. The quantitative estimate of drug-likeness (QED) is 0.844. The van der Waals surface area contributed by atoms with Gasteiger partial charge in [0.05, 0.1) is 5.56 Å². The van der Waals surface area contributed by atoms with E-state index >= 15 is 0 Å². The fraction of sp³-hybridized carbons (Fsp3) is 0.188. The molecule has 0 heterocycles. The van der Waals surface area contributed by atoms with Crippen LogP contribution in [0.3, 0.4) is 0 Å². The Kier molecular flexibility index (Phi) is 4.03. The molecule has 2 aromatic carbocycles. The van der Waals surface area contributed by atoms with Crippen LogP contribution in [0.1, 0.15) is 27.0 Å². The van der Waals surface area contributed by atoms with Crippen molar-refractivity contribution >= 4 is 11.6 Å². The molecule has 0 atom stereocenters. The van der Waals surface area contributed by atoms with Gasteiger partial charge in [0.2, 0.25) is 0 Å². The van der Waals surface area contributed by atoms with Crippen LogP contribution in [0.15, 0.2) is 36.4 Å². The average Bonchev–Trinajstić information content (AvgIpc) is 2.42. The molecule has 0 aliphatic heterocycles. The molecule has 0 aromatic heterocycles. The molecule has 1 amide bonds. The summed E-state index contributed by atoms with van der Waals surface area (Å²) >= 11 is 0. The molecule has 2 aromatic rings. The molecule has 3 N–H and O–H groups in total. The maximum Gasteiger partial charge on any atom is 0.253 e. The second-order valence-corrected chi connectivity index (χ2v) is 4.86. The molecule has 104 valence electrons. The fourth-order valence-corrected chi connectivity index (χ4v) is 1.89. The van der Waals surface area contributed by atoms with Crippen LogP contribution in [-0.2, 0) is 6.54 Å². The molecule has 0 spiro atoms. The van der Waals surface area contributed by atoms with Crippen LogP contribution in [0.2, 0.25) is 0 Å². The fourth-order valence-electron chi connectivity index (χ4n) is 1.89. The summed E-state index contributed by atoms with van der Waals surface area (Å²) in [7, 11) is 0. The number of carbonyl (C=O) groups excluding carboxylic acids is 1. The zero-order chi connectivity index (χ0) is 14.7. The highest BCUT2D eigenvalue weighted by atomic mass is 19.1. The Morgan fingerprint density at radius 1 is 1.20 bits per heavy atom. The van der Waals surface area contributed by atoms with Crippen molar-refractivity contribution in [2.24, 2.45) is 0 Å². The van der Waals surface area contributed by atoms with Gasteiger partial charge in [-0.2, -0.15) is 0 Å². The van der Waals surface area contributed by atoms with E-state index < -0.39 is 0 Å². The van der Waals surface area contributed by atoms with Gasteiger partial charge in [-0.3, -0.25) is 4.79 Å². The number of carbonyl (C=O) groups is 1. The minimum absolute atomic E-state index is 0.257.